The summed E-state index contributed by atoms with van der Waals surface area (Å²) >= 11 is 0. The molecule has 1 aliphatic heterocycles. The van der Waals surface area contributed by atoms with Gasteiger partial charge < -0.3 is 30.3 Å². The van der Waals surface area contributed by atoms with E-state index in [0.717, 1.165) is 25.7 Å². The molecule has 29 heavy (non-hydrogen) atoms. The summed E-state index contributed by atoms with van der Waals surface area (Å²) in [6.07, 6.45) is 7.70. The van der Waals surface area contributed by atoms with Crippen molar-refractivity contribution >= 4 is 5.78 Å². The van der Waals surface area contributed by atoms with Gasteiger partial charge >= 0.3 is 0 Å². The van der Waals surface area contributed by atoms with Crippen LogP contribution >= 0.6 is 0 Å². The second-order valence-corrected chi connectivity index (χ2v) is 8.23. The number of aliphatic hydroxyl groups is 5. The van der Waals surface area contributed by atoms with Gasteiger partial charge in [0.15, 0.2) is 5.78 Å². The van der Waals surface area contributed by atoms with E-state index >= 15 is 0 Å². The molecule has 0 amide bonds. The summed E-state index contributed by atoms with van der Waals surface area (Å²) in [5.74, 6) is -3.35. The van der Waals surface area contributed by atoms with Crippen LogP contribution in [0.2, 0.25) is 0 Å². The molecule has 0 saturated carbocycles. The van der Waals surface area contributed by atoms with Crippen LogP contribution in [0, 0.1) is 0 Å². The van der Waals surface area contributed by atoms with Crippen LogP contribution < -0.4 is 0 Å². The summed E-state index contributed by atoms with van der Waals surface area (Å²) in [4.78, 5) is 12.3. The molecule has 1 aliphatic rings. The zero-order valence-corrected chi connectivity index (χ0v) is 17.7. The van der Waals surface area contributed by atoms with Crippen LogP contribution in [0.15, 0.2) is 0 Å². The maximum atomic E-state index is 12.3. The number of carbonyl (C=O) groups excluding carboxylic acids is 1. The first-order valence-electron chi connectivity index (χ1n) is 12.0. The maximum Gasteiger partial charge on any atom is 0.256 e. The third-order valence-electron chi connectivity index (χ3n) is 5.77. The van der Waals surface area contributed by atoms with Crippen LogP contribution in [0.3, 0.4) is 0 Å². The van der Waals surface area contributed by atoms with E-state index in [2.05, 4.69) is 0 Å². The van der Waals surface area contributed by atoms with Crippen LogP contribution in [-0.4, -0.2) is 68.1 Å². The predicted octanol–water partition coefficient (Wildman–Crippen LogP) is 2.20. The average Bonchev–Trinajstić information content (AvgIpc) is 2.74. The molecule has 0 aromatic carbocycles. The number of Topliss-reactive ketones (excluding diaryl/α,β-unsaturated/α-hetero) is 1. The molecular formula is C22H42O7. The smallest absolute Gasteiger partial charge is 0.256 e. The second-order valence-electron chi connectivity index (χ2n) is 8.23. The molecule has 0 spiro atoms. The lowest BCUT2D eigenvalue weighted by atomic mass is 9.88. The van der Waals surface area contributed by atoms with Gasteiger partial charge in [0.25, 0.3) is 5.79 Å². The van der Waals surface area contributed by atoms with E-state index in [9.17, 15) is 30.3 Å². The highest BCUT2D eigenvalue weighted by Crippen LogP contribution is 2.30. The Hall–Kier alpha value is -0.570. The van der Waals surface area contributed by atoms with Gasteiger partial charge in [-0.1, -0.05) is 83.9 Å². The molecule has 5 atom stereocenters. The van der Waals surface area contributed by atoms with E-state index in [1.165, 1.54) is 51.4 Å². The highest BCUT2D eigenvalue weighted by Gasteiger charge is 2.56. The number of ketones is 1. The van der Waals surface area contributed by atoms with Gasteiger partial charge in [-0.05, 0) is 6.42 Å². The monoisotopic (exact) mass is 419 g/mol. The predicted molar refractivity (Wildman–Crippen MR) is 110 cm³/mol. The minimum absolute atomic E-state index is 0.00522. The third-order valence-corrected chi connectivity index (χ3v) is 5.77. The SMILES string of the molecule is [2H]CCCCCCCCCCCCCCCC(=O)C1(O)O[C@H](CO)[C@@H](O)[C@H](O)[C@H]1O. The molecule has 5 N–H and O–H groups in total. The number of rotatable bonds is 16. The molecule has 7 heteroatoms. The number of carbonyl (C=O) groups is 1. The van der Waals surface area contributed by atoms with E-state index in [4.69, 9.17) is 6.11 Å². The van der Waals surface area contributed by atoms with Crippen LogP contribution in [-0.2, 0) is 9.53 Å². The van der Waals surface area contributed by atoms with E-state index in [-0.39, 0.29) is 6.42 Å². The second kappa shape index (κ2) is 14.4. The molecule has 7 nitrogen and oxygen atoms in total. The zero-order valence-electron chi connectivity index (χ0n) is 18.7. The largest absolute Gasteiger partial charge is 0.394 e. The van der Waals surface area contributed by atoms with Crippen molar-refractivity contribution in [2.45, 2.75) is 127 Å². The standard InChI is InChI=1S/C22H42O7/c1-2-3-4-5-6-7-8-9-10-11-12-13-14-15-18(24)22(28)21(27)20(26)19(25)17(16-23)29-22/h17,19-21,23,25-28H,2-16H2,1H3/t17-,19-,20+,21-,22?/m1/s1/i1D. The first-order valence-corrected chi connectivity index (χ1v) is 11.3. The molecule has 0 aliphatic carbocycles. The zero-order chi connectivity index (χ0) is 22.4. The molecule has 0 radical (unpaired) electrons. The lowest BCUT2D eigenvalue weighted by Gasteiger charge is -2.44. The molecule has 1 rings (SSSR count). The number of unbranched alkanes of at least 4 members (excludes halogenated alkanes) is 12. The van der Waals surface area contributed by atoms with Crippen molar-refractivity contribution in [1.29, 1.82) is 0 Å². The van der Waals surface area contributed by atoms with Gasteiger partial charge in [-0.25, -0.2) is 0 Å². The minimum atomic E-state index is -2.60. The van der Waals surface area contributed by atoms with Crippen molar-refractivity contribution in [3.8, 4) is 0 Å². The fraction of sp³-hybridized carbons (Fsp3) is 0.955. The summed E-state index contributed by atoms with van der Waals surface area (Å²) < 4.78 is 12.1. The number of ether oxygens (including phenoxy) is 1. The van der Waals surface area contributed by atoms with Crippen molar-refractivity contribution in [3.63, 3.8) is 0 Å². The summed E-state index contributed by atoms with van der Waals surface area (Å²) in [6, 6.07) is 0. The molecule has 1 heterocycles. The van der Waals surface area contributed by atoms with Crippen LogP contribution in [0.5, 0.6) is 0 Å². The molecule has 0 bridgehead atoms. The summed E-state index contributed by atoms with van der Waals surface area (Å²) in [5, 5.41) is 49.1. The van der Waals surface area contributed by atoms with Gasteiger partial charge in [0.05, 0.1) is 6.61 Å². The first-order chi connectivity index (χ1) is 14.4. The summed E-state index contributed by atoms with van der Waals surface area (Å²) in [6.45, 7) is -0.144. The molecule has 172 valence electrons. The molecule has 1 saturated heterocycles. The Labute approximate surface area is 176 Å². The van der Waals surface area contributed by atoms with E-state index in [1.54, 1.807) is 0 Å². The van der Waals surface area contributed by atoms with Gasteiger partial charge in [0.2, 0.25) is 0 Å². The molecule has 0 aromatic heterocycles. The lowest BCUT2D eigenvalue weighted by molar-refractivity contribution is -0.331. The Morgan fingerprint density at radius 1 is 0.862 bits per heavy atom. The highest BCUT2D eigenvalue weighted by atomic mass is 16.7. The summed E-state index contributed by atoms with van der Waals surface area (Å²) in [7, 11) is 0. The molecule has 1 unspecified atom stereocenters. The highest BCUT2D eigenvalue weighted by molar-refractivity contribution is 5.86. The van der Waals surface area contributed by atoms with Crippen molar-refractivity contribution < 1.29 is 36.4 Å². The lowest BCUT2D eigenvalue weighted by Crippen LogP contribution is -2.68. The Morgan fingerprint density at radius 3 is 1.83 bits per heavy atom. The van der Waals surface area contributed by atoms with E-state index < -0.39 is 42.6 Å². The van der Waals surface area contributed by atoms with Gasteiger partial charge in [-0.2, -0.15) is 0 Å². The van der Waals surface area contributed by atoms with Crippen molar-refractivity contribution in [2.24, 2.45) is 0 Å². The normalized spacial score (nSPS) is 30.3. The Balaban J connectivity index is 2.09. The molecule has 1 fully saturated rings. The van der Waals surface area contributed by atoms with Gasteiger partial charge in [0.1, 0.15) is 24.4 Å². The van der Waals surface area contributed by atoms with Gasteiger partial charge in [-0.15, -0.1) is 0 Å². The Morgan fingerprint density at radius 2 is 1.34 bits per heavy atom. The van der Waals surface area contributed by atoms with Gasteiger partial charge in [0, 0.05) is 7.79 Å². The Bertz CT molecular complexity index is 463. The average molecular weight is 420 g/mol. The van der Waals surface area contributed by atoms with Crippen molar-refractivity contribution in [3.05, 3.63) is 0 Å². The van der Waals surface area contributed by atoms with Gasteiger partial charge in [-0.3, -0.25) is 4.79 Å². The first kappa shape index (κ1) is 24.7. The minimum Gasteiger partial charge on any atom is -0.394 e. The van der Waals surface area contributed by atoms with E-state index in [1.807, 2.05) is 0 Å². The van der Waals surface area contributed by atoms with Crippen LogP contribution in [0.25, 0.3) is 0 Å². The fourth-order valence-corrected chi connectivity index (χ4v) is 3.79. The topological polar surface area (TPSA) is 127 Å². The van der Waals surface area contributed by atoms with Crippen molar-refractivity contribution in [2.75, 3.05) is 6.61 Å². The fourth-order valence-electron chi connectivity index (χ4n) is 3.79. The summed E-state index contributed by atoms with van der Waals surface area (Å²) in [5.41, 5.74) is 0. The number of aliphatic hydroxyl groups excluding tert-OH is 4. The maximum absolute atomic E-state index is 12.3. The van der Waals surface area contributed by atoms with E-state index in [0.29, 0.717) is 13.3 Å². The number of hydrogen-bond donors (Lipinski definition) is 5. The van der Waals surface area contributed by atoms with Crippen LogP contribution in [0.1, 0.15) is 98.2 Å². The number of hydrogen-bond acceptors (Lipinski definition) is 7. The quantitative estimate of drug-likeness (QED) is 0.243. The van der Waals surface area contributed by atoms with Crippen LogP contribution in [0.4, 0.5) is 0 Å². The Kier molecular flexibility index (Phi) is 12.3. The third kappa shape index (κ3) is 8.59. The molecule has 0 aromatic rings. The van der Waals surface area contributed by atoms with Crippen molar-refractivity contribution in [1.82, 2.24) is 0 Å². The molecular weight excluding hydrogens is 376 g/mol.